The van der Waals surface area contributed by atoms with Crippen LogP contribution in [-0.2, 0) is 21.2 Å². The van der Waals surface area contributed by atoms with Crippen LogP contribution >= 0.6 is 0 Å². The predicted octanol–water partition coefficient (Wildman–Crippen LogP) is 1.72. The Hall–Kier alpha value is -4.02. The summed E-state index contributed by atoms with van der Waals surface area (Å²) in [6, 6.07) is 18.2. The number of rotatable bonds is 8. The van der Waals surface area contributed by atoms with E-state index in [-0.39, 0.29) is 16.9 Å². The van der Waals surface area contributed by atoms with Crippen molar-refractivity contribution in [1.29, 1.82) is 0 Å². The van der Waals surface area contributed by atoms with Gasteiger partial charge in [-0.25, -0.2) is 18.4 Å². The molecule has 9 nitrogen and oxygen atoms in total. The number of carbonyl (C=O) groups excluding carboxylic acids is 1. The molecule has 3 rings (SSSR count). The van der Waals surface area contributed by atoms with Crippen molar-refractivity contribution >= 4 is 28.1 Å². The maximum absolute atomic E-state index is 12.7. The van der Waals surface area contributed by atoms with Crippen LogP contribution in [0.15, 0.2) is 82.8 Å². The Bertz CT molecular complexity index is 1300. The van der Waals surface area contributed by atoms with Crippen molar-refractivity contribution in [3.8, 4) is 11.1 Å². The zero-order valence-corrected chi connectivity index (χ0v) is 18.2. The fraction of sp³-hybridized carbons (Fsp3) is 0.0870. The number of hydrogen-bond acceptors (Lipinski definition) is 6. The van der Waals surface area contributed by atoms with Gasteiger partial charge in [-0.2, -0.15) is 5.10 Å². The predicted molar refractivity (Wildman–Crippen MR) is 124 cm³/mol. The number of carboxylic acids is 1. The lowest BCUT2D eigenvalue weighted by molar-refractivity contribution is -0.139. The molecule has 0 saturated heterocycles. The summed E-state index contributed by atoms with van der Waals surface area (Å²) in [4.78, 5) is 24.4. The zero-order valence-electron chi connectivity index (χ0n) is 17.4. The van der Waals surface area contributed by atoms with Gasteiger partial charge in [0.2, 0.25) is 10.0 Å². The van der Waals surface area contributed by atoms with Gasteiger partial charge >= 0.3 is 5.97 Å². The highest BCUT2D eigenvalue weighted by molar-refractivity contribution is 7.89. The number of nitrogens with zero attached hydrogens (tertiary/aromatic N) is 1. The standard InChI is InChI=1S/C23H22N4O5S/c24-26-14-16-5-3-4-15(12-16)13-20(23(29)30)27-22(28)18-10-8-17(9-11-18)19-6-1-2-7-21(19)33(25,31)32/h1-12,14,20H,13,24H2,(H,27,28)(H,29,30)(H2,25,31,32)/t20-/m0/s1. The van der Waals surface area contributed by atoms with Gasteiger partial charge in [0.25, 0.3) is 5.91 Å². The van der Waals surface area contributed by atoms with Gasteiger partial charge in [0.05, 0.1) is 11.1 Å². The van der Waals surface area contributed by atoms with Gasteiger partial charge < -0.3 is 16.3 Å². The second kappa shape index (κ2) is 10.1. The number of hydrogen-bond donors (Lipinski definition) is 4. The molecule has 170 valence electrons. The minimum Gasteiger partial charge on any atom is -0.480 e. The smallest absolute Gasteiger partial charge is 0.326 e. The second-order valence-electron chi connectivity index (χ2n) is 7.21. The van der Waals surface area contributed by atoms with E-state index in [2.05, 4.69) is 10.4 Å². The molecule has 0 aliphatic heterocycles. The molecule has 0 aliphatic rings. The summed E-state index contributed by atoms with van der Waals surface area (Å²) in [7, 11) is -3.93. The minimum absolute atomic E-state index is 0.0324. The quantitative estimate of drug-likeness (QED) is 0.224. The number of nitrogens with one attached hydrogen (secondary N) is 1. The summed E-state index contributed by atoms with van der Waals surface area (Å²) >= 11 is 0. The summed E-state index contributed by atoms with van der Waals surface area (Å²) in [5, 5.41) is 20.8. The van der Waals surface area contributed by atoms with Gasteiger partial charge in [0.15, 0.2) is 0 Å². The molecule has 33 heavy (non-hydrogen) atoms. The second-order valence-corrected chi connectivity index (χ2v) is 8.74. The van der Waals surface area contributed by atoms with Crippen molar-refractivity contribution in [1.82, 2.24) is 5.32 Å². The van der Waals surface area contributed by atoms with Crippen LogP contribution in [0.3, 0.4) is 0 Å². The van der Waals surface area contributed by atoms with Crippen LogP contribution in [-0.4, -0.2) is 37.7 Å². The van der Waals surface area contributed by atoms with Crippen molar-refractivity contribution < 1.29 is 23.1 Å². The highest BCUT2D eigenvalue weighted by atomic mass is 32.2. The summed E-state index contributed by atoms with van der Waals surface area (Å²) in [6.07, 6.45) is 1.50. The first-order valence-corrected chi connectivity index (χ1v) is 11.3. The lowest BCUT2D eigenvalue weighted by Crippen LogP contribution is -2.42. The largest absolute Gasteiger partial charge is 0.480 e. The average Bonchev–Trinajstić information content (AvgIpc) is 2.78. The van der Waals surface area contributed by atoms with Crippen LogP contribution in [0.25, 0.3) is 11.1 Å². The van der Waals surface area contributed by atoms with E-state index in [9.17, 15) is 23.1 Å². The van der Waals surface area contributed by atoms with Gasteiger partial charge in [-0.15, -0.1) is 0 Å². The van der Waals surface area contributed by atoms with Crippen LogP contribution in [0.2, 0.25) is 0 Å². The van der Waals surface area contributed by atoms with Crippen LogP contribution < -0.4 is 16.3 Å². The maximum Gasteiger partial charge on any atom is 0.326 e. The lowest BCUT2D eigenvalue weighted by Gasteiger charge is -2.15. The van der Waals surface area contributed by atoms with Gasteiger partial charge in [0, 0.05) is 17.5 Å². The number of hydrazone groups is 1. The van der Waals surface area contributed by atoms with E-state index >= 15 is 0 Å². The molecule has 3 aromatic rings. The Balaban J connectivity index is 1.78. The van der Waals surface area contributed by atoms with Crippen LogP contribution in [0.4, 0.5) is 0 Å². The molecule has 0 fully saturated rings. The minimum atomic E-state index is -3.93. The molecule has 0 spiro atoms. The van der Waals surface area contributed by atoms with Crippen molar-refractivity contribution in [2.45, 2.75) is 17.4 Å². The van der Waals surface area contributed by atoms with Crippen molar-refractivity contribution in [3.63, 3.8) is 0 Å². The Labute approximate surface area is 190 Å². The molecule has 0 bridgehead atoms. The van der Waals surface area contributed by atoms with Gasteiger partial charge in [-0.05, 0) is 34.9 Å². The van der Waals surface area contributed by atoms with E-state index in [1.54, 1.807) is 54.6 Å². The lowest BCUT2D eigenvalue weighted by atomic mass is 10.0. The van der Waals surface area contributed by atoms with Crippen LogP contribution in [0.5, 0.6) is 0 Å². The molecule has 1 atom stereocenters. The van der Waals surface area contributed by atoms with Crippen molar-refractivity contribution in [3.05, 3.63) is 89.5 Å². The summed E-state index contributed by atoms with van der Waals surface area (Å²) in [5.74, 6) is 3.39. The number of nitrogens with two attached hydrogens (primary N) is 2. The topological polar surface area (TPSA) is 165 Å². The number of aliphatic carboxylic acids is 1. The SMILES string of the molecule is NN=Cc1cccc(C[C@H](NC(=O)c2ccc(-c3ccccc3S(N)(=O)=O)cc2)C(=O)O)c1. The van der Waals surface area contributed by atoms with E-state index < -0.39 is 27.9 Å². The fourth-order valence-corrected chi connectivity index (χ4v) is 4.08. The normalized spacial score (nSPS) is 12.4. The molecular formula is C23H22N4O5S. The molecule has 0 radical (unpaired) electrons. The number of carboxylic acid groups (broad SMARTS) is 1. The first-order chi connectivity index (χ1) is 15.7. The molecule has 0 heterocycles. The Kier molecular flexibility index (Phi) is 7.21. The highest BCUT2D eigenvalue weighted by Gasteiger charge is 2.22. The summed E-state index contributed by atoms with van der Waals surface area (Å²) in [5.41, 5.74) is 2.57. The Morgan fingerprint density at radius 1 is 1.03 bits per heavy atom. The zero-order chi connectivity index (χ0) is 24.0. The number of primary sulfonamides is 1. The molecule has 0 unspecified atom stereocenters. The first kappa shape index (κ1) is 23.6. The monoisotopic (exact) mass is 466 g/mol. The van der Waals surface area contributed by atoms with E-state index in [1.807, 2.05) is 0 Å². The Morgan fingerprint density at radius 3 is 2.36 bits per heavy atom. The highest BCUT2D eigenvalue weighted by Crippen LogP contribution is 2.26. The van der Waals surface area contributed by atoms with E-state index in [0.29, 0.717) is 22.3 Å². The molecule has 1 amide bonds. The third-order valence-electron chi connectivity index (χ3n) is 4.87. The van der Waals surface area contributed by atoms with E-state index in [1.165, 1.54) is 24.4 Å². The first-order valence-electron chi connectivity index (χ1n) is 9.77. The summed E-state index contributed by atoms with van der Waals surface area (Å²) < 4.78 is 23.7. The molecule has 6 N–H and O–H groups in total. The molecule has 10 heteroatoms. The van der Waals surface area contributed by atoms with Crippen LogP contribution in [0, 0.1) is 0 Å². The van der Waals surface area contributed by atoms with Crippen molar-refractivity contribution in [2.24, 2.45) is 16.1 Å². The average molecular weight is 467 g/mol. The maximum atomic E-state index is 12.7. The number of benzene rings is 3. The molecule has 0 aromatic heterocycles. The van der Waals surface area contributed by atoms with Crippen molar-refractivity contribution in [2.75, 3.05) is 0 Å². The molecular weight excluding hydrogens is 444 g/mol. The molecule has 0 aliphatic carbocycles. The third kappa shape index (κ3) is 6.03. The Morgan fingerprint density at radius 2 is 1.73 bits per heavy atom. The van der Waals surface area contributed by atoms with Gasteiger partial charge in [-0.1, -0.05) is 54.6 Å². The molecule has 0 saturated carbocycles. The van der Waals surface area contributed by atoms with Crippen LogP contribution in [0.1, 0.15) is 21.5 Å². The number of amides is 1. The third-order valence-corrected chi connectivity index (χ3v) is 5.84. The molecule has 3 aromatic carbocycles. The van der Waals surface area contributed by atoms with Gasteiger partial charge in [0.1, 0.15) is 6.04 Å². The fourth-order valence-electron chi connectivity index (χ4n) is 3.32. The van der Waals surface area contributed by atoms with E-state index in [0.717, 1.165) is 0 Å². The van der Waals surface area contributed by atoms with Gasteiger partial charge in [-0.3, -0.25) is 4.79 Å². The number of carbonyl (C=O) groups is 2. The number of sulfonamides is 1. The summed E-state index contributed by atoms with van der Waals surface area (Å²) in [6.45, 7) is 0. The van der Waals surface area contributed by atoms with E-state index in [4.69, 9.17) is 11.0 Å².